The summed E-state index contributed by atoms with van der Waals surface area (Å²) in [5, 5.41) is 20.3. The van der Waals surface area contributed by atoms with Crippen LogP contribution in [0, 0.1) is 24.0 Å². The Labute approximate surface area is 119 Å². The van der Waals surface area contributed by atoms with Crippen molar-refractivity contribution >= 4 is 23.0 Å². The zero-order valence-corrected chi connectivity index (χ0v) is 11.4. The van der Waals surface area contributed by atoms with Gasteiger partial charge in [-0.25, -0.2) is 0 Å². The Bertz CT molecular complexity index is 690. The maximum Gasteiger partial charge on any atom is 0.294 e. The van der Waals surface area contributed by atoms with Crippen LogP contribution in [0.4, 0.5) is 17.1 Å². The fourth-order valence-corrected chi connectivity index (χ4v) is 1.87. The van der Waals surface area contributed by atoms with Crippen molar-refractivity contribution in [2.45, 2.75) is 13.8 Å². The Morgan fingerprint density at radius 1 is 1.43 bits per heavy atom. The number of nitro benzene ring substituents is 1. The number of carbonyl (C=O) groups excluding carboxylic acids is 1. The van der Waals surface area contributed by atoms with Crippen LogP contribution in [-0.4, -0.2) is 21.0 Å². The molecule has 21 heavy (non-hydrogen) atoms. The third-order valence-corrected chi connectivity index (χ3v) is 2.98. The van der Waals surface area contributed by atoms with Gasteiger partial charge < -0.3 is 10.7 Å². The van der Waals surface area contributed by atoms with Crippen LogP contribution in [0.1, 0.15) is 21.7 Å². The summed E-state index contributed by atoms with van der Waals surface area (Å²) >= 11 is 0. The van der Waals surface area contributed by atoms with Crippen LogP contribution in [0.25, 0.3) is 0 Å². The average Bonchev–Trinajstić information content (AvgIpc) is 2.78. The molecule has 110 valence electrons. The van der Waals surface area contributed by atoms with Crippen molar-refractivity contribution in [1.29, 1.82) is 0 Å². The van der Waals surface area contributed by atoms with Gasteiger partial charge in [0, 0.05) is 11.6 Å². The van der Waals surface area contributed by atoms with Crippen LogP contribution in [0.15, 0.2) is 18.2 Å². The normalized spacial score (nSPS) is 10.2. The highest BCUT2D eigenvalue weighted by Gasteiger charge is 2.18. The number of H-pyrrole nitrogens is 1. The number of carbonyl (C=O) groups is 1. The standard InChI is InChI=1S/C12H14N6O3/c1-6-11(7(2)17-16-6)14-12(19)8-3-4-9(15-13)10(5-8)18(20)21/h3-5,15H,13H2,1-2H3,(H,14,19)(H,16,17). The molecule has 0 unspecified atom stereocenters. The van der Waals surface area contributed by atoms with E-state index in [1.54, 1.807) is 13.8 Å². The zero-order valence-electron chi connectivity index (χ0n) is 11.4. The Balaban J connectivity index is 2.32. The second kappa shape index (κ2) is 5.59. The number of aromatic nitrogens is 2. The summed E-state index contributed by atoms with van der Waals surface area (Å²) in [6.07, 6.45) is 0. The molecule has 0 aliphatic carbocycles. The van der Waals surface area contributed by atoms with E-state index in [4.69, 9.17) is 5.84 Å². The fraction of sp³-hybridized carbons (Fsp3) is 0.167. The van der Waals surface area contributed by atoms with Gasteiger partial charge in [-0.3, -0.25) is 25.9 Å². The first-order valence-corrected chi connectivity index (χ1v) is 6.02. The Morgan fingerprint density at radius 2 is 2.14 bits per heavy atom. The van der Waals surface area contributed by atoms with Gasteiger partial charge in [-0.2, -0.15) is 5.10 Å². The Morgan fingerprint density at radius 3 is 2.67 bits per heavy atom. The van der Waals surface area contributed by atoms with E-state index in [0.717, 1.165) is 6.07 Å². The fourth-order valence-electron chi connectivity index (χ4n) is 1.87. The van der Waals surface area contributed by atoms with Crippen LogP contribution in [0.2, 0.25) is 0 Å². The van der Waals surface area contributed by atoms with E-state index < -0.39 is 10.8 Å². The number of nitrogen functional groups attached to an aromatic ring is 1. The topological polar surface area (TPSA) is 139 Å². The van der Waals surface area contributed by atoms with Gasteiger partial charge in [0.2, 0.25) is 0 Å². The van der Waals surface area contributed by atoms with Crippen LogP contribution < -0.4 is 16.6 Å². The first-order valence-electron chi connectivity index (χ1n) is 6.02. The SMILES string of the molecule is Cc1n[nH]c(C)c1NC(=O)c1ccc(NN)c([N+](=O)[O-])c1. The van der Waals surface area contributed by atoms with Crippen LogP contribution >= 0.6 is 0 Å². The maximum atomic E-state index is 12.2. The van der Waals surface area contributed by atoms with E-state index >= 15 is 0 Å². The number of anilines is 2. The summed E-state index contributed by atoms with van der Waals surface area (Å²) in [6.45, 7) is 3.50. The quantitative estimate of drug-likeness (QED) is 0.382. The van der Waals surface area contributed by atoms with Gasteiger partial charge in [-0.1, -0.05) is 0 Å². The van der Waals surface area contributed by atoms with E-state index in [1.807, 2.05) is 0 Å². The predicted molar refractivity (Wildman–Crippen MR) is 76.9 cm³/mol. The molecular formula is C12H14N6O3. The van der Waals surface area contributed by atoms with Gasteiger partial charge in [0.1, 0.15) is 5.69 Å². The summed E-state index contributed by atoms with van der Waals surface area (Å²) in [6, 6.07) is 3.99. The van der Waals surface area contributed by atoms with Gasteiger partial charge in [-0.05, 0) is 26.0 Å². The maximum absolute atomic E-state index is 12.2. The summed E-state index contributed by atoms with van der Waals surface area (Å²) in [5.74, 6) is 4.73. The van der Waals surface area contributed by atoms with Crippen LogP contribution in [0.5, 0.6) is 0 Å². The second-order valence-electron chi connectivity index (χ2n) is 4.40. The molecule has 0 saturated carbocycles. The van der Waals surface area contributed by atoms with E-state index in [0.29, 0.717) is 17.1 Å². The number of nitrogens with one attached hydrogen (secondary N) is 3. The minimum Gasteiger partial charge on any atom is -0.319 e. The molecule has 2 aromatic rings. The van der Waals surface area contributed by atoms with Crippen molar-refractivity contribution in [3.8, 4) is 0 Å². The molecule has 5 N–H and O–H groups in total. The van der Waals surface area contributed by atoms with Crippen molar-refractivity contribution in [2.24, 2.45) is 5.84 Å². The van der Waals surface area contributed by atoms with E-state index in [2.05, 4.69) is 20.9 Å². The van der Waals surface area contributed by atoms with E-state index in [-0.39, 0.29) is 16.9 Å². The predicted octanol–water partition coefficient (Wildman–Crippen LogP) is 1.47. The third kappa shape index (κ3) is 2.82. The number of nitrogens with two attached hydrogens (primary N) is 1. The highest BCUT2D eigenvalue weighted by Crippen LogP contribution is 2.25. The number of amides is 1. The molecule has 2 rings (SSSR count). The molecule has 1 heterocycles. The zero-order chi connectivity index (χ0) is 15.6. The number of hydrogen-bond donors (Lipinski definition) is 4. The minimum absolute atomic E-state index is 0.132. The molecule has 9 heteroatoms. The lowest BCUT2D eigenvalue weighted by Gasteiger charge is -2.07. The van der Waals surface area contributed by atoms with Gasteiger partial charge in [-0.15, -0.1) is 0 Å². The van der Waals surface area contributed by atoms with Crippen LogP contribution in [-0.2, 0) is 0 Å². The minimum atomic E-state index is -0.611. The van der Waals surface area contributed by atoms with Gasteiger partial charge in [0.15, 0.2) is 0 Å². The largest absolute Gasteiger partial charge is 0.319 e. The average molecular weight is 290 g/mol. The molecule has 0 aliphatic rings. The van der Waals surface area contributed by atoms with Crippen molar-refractivity contribution < 1.29 is 9.72 Å². The van der Waals surface area contributed by atoms with Crippen molar-refractivity contribution in [3.63, 3.8) is 0 Å². The van der Waals surface area contributed by atoms with Gasteiger partial charge in [0.25, 0.3) is 11.6 Å². The molecule has 0 spiro atoms. The van der Waals surface area contributed by atoms with Crippen molar-refractivity contribution in [3.05, 3.63) is 45.3 Å². The lowest BCUT2D eigenvalue weighted by Crippen LogP contribution is -2.14. The Kier molecular flexibility index (Phi) is 3.85. The number of benzene rings is 1. The summed E-state index contributed by atoms with van der Waals surface area (Å²) < 4.78 is 0. The molecule has 0 radical (unpaired) electrons. The molecule has 0 aliphatic heterocycles. The third-order valence-electron chi connectivity index (χ3n) is 2.98. The molecule has 0 atom stereocenters. The van der Waals surface area contributed by atoms with E-state index in [1.165, 1.54) is 12.1 Å². The lowest BCUT2D eigenvalue weighted by atomic mass is 10.1. The molecule has 1 aromatic heterocycles. The number of hydrogen-bond acceptors (Lipinski definition) is 6. The molecule has 0 bridgehead atoms. The smallest absolute Gasteiger partial charge is 0.294 e. The summed E-state index contributed by atoms with van der Waals surface area (Å²) in [4.78, 5) is 22.5. The second-order valence-corrected chi connectivity index (χ2v) is 4.40. The Hall–Kier alpha value is -2.94. The molecule has 0 saturated heterocycles. The number of aromatic amines is 1. The first-order chi connectivity index (χ1) is 9.93. The highest BCUT2D eigenvalue weighted by atomic mass is 16.6. The molecule has 1 amide bonds. The molecule has 1 aromatic carbocycles. The number of nitrogens with zero attached hydrogens (tertiary/aromatic N) is 2. The van der Waals surface area contributed by atoms with Gasteiger partial charge in [0.05, 0.1) is 22.0 Å². The molecular weight excluding hydrogens is 276 g/mol. The monoisotopic (exact) mass is 290 g/mol. The lowest BCUT2D eigenvalue weighted by molar-refractivity contribution is -0.384. The van der Waals surface area contributed by atoms with Gasteiger partial charge >= 0.3 is 0 Å². The van der Waals surface area contributed by atoms with Crippen molar-refractivity contribution in [1.82, 2.24) is 10.2 Å². The first kappa shape index (κ1) is 14.5. The summed E-state index contributed by atoms with van der Waals surface area (Å²) in [7, 11) is 0. The number of rotatable bonds is 4. The number of hydrazine groups is 1. The number of aryl methyl sites for hydroxylation is 2. The van der Waals surface area contributed by atoms with Crippen molar-refractivity contribution in [2.75, 3.05) is 10.7 Å². The highest BCUT2D eigenvalue weighted by molar-refractivity contribution is 6.05. The number of nitro groups is 1. The van der Waals surface area contributed by atoms with Crippen LogP contribution in [0.3, 0.4) is 0 Å². The van der Waals surface area contributed by atoms with E-state index in [9.17, 15) is 14.9 Å². The summed E-state index contributed by atoms with van der Waals surface area (Å²) in [5.41, 5.74) is 4.13. The molecule has 9 nitrogen and oxygen atoms in total. The molecule has 0 fully saturated rings.